The Hall–Kier alpha value is -2.90. The molecule has 0 spiro atoms. The zero-order valence-electron chi connectivity index (χ0n) is 14.5. The van der Waals surface area contributed by atoms with Crippen LogP contribution in [0.3, 0.4) is 0 Å². The molecule has 0 N–H and O–H groups in total. The quantitative estimate of drug-likeness (QED) is 0.527. The molecule has 2 aromatic heterocycles. The van der Waals surface area contributed by atoms with Gasteiger partial charge in [0.25, 0.3) is 5.56 Å². The van der Waals surface area contributed by atoms with E-state index >= 15 is 0 Å². The summed E-state index contributed by atoms with van der Waals surface area (Å²) in [5.74, 6) is 1.66. The summed E-state index contributed by atoms with van der Waals surface area (Å²) in [6.45, 7) is 0. The van der Waals surface area contributed by atoms with Crippen molar-refractivity contribution in [2.24, 2.45) is 0 Å². The SMILES string of the molecule is COc1cccc(/C=c2\sc3nc(-c4ccc(Cl)cc4)nn3c2=O)c1OC. The van der Waals surface area contributed by atoms with Gasteiger partial charge in [0, 0.05) is 16.1 Å². The number of fused-ring (bicyclic) bond motifs is 1. The van der Waals surface area contributed by atoms with Gasteiger partial charge >= 0.3 is 0 Å². The van der Waals surface area contributed by atoms with Crippen molar-refractivity contribution in [3.05, 3.63) is 67.9 Å². The first-order valence-corrected chi connectivity index (χ1v) is 9.18. The Balaban J connectivity index is 1.82. The van der Waals surface area contributed by atoms with E-state index in [1.807, 2.05) is 24.3 Å². The Morgan fingerprint density at radius 3 is 2.56 bits per heavy atom. The Bertz CT molecular complexity index is 1230. The van der Waals surface area contributed by atoms with Crippen molar-refractivity contribution >= 4 is 34.0 Å². The smallest absolute Gasteiger partial charge is 0.291 e. The highest BCUT2D eigenvalue weighted by atomic mass is 35.5. The second-order valence-electron chi connectivity index (χ2n) is 5.64. The second-order valence-corrected chi connectivity index (χ2v) is 7.08. The predicted molar refractivity (Wildman–Crippen MR) is 106 cm³/mol. The fourth-order valence-corrected chi connectivity index (χ4v) is 3.75. The summed E-state index contributed by atoms with van der Waals surface area (Å²) in [5, 5.41) is 4.97. The van der Waals surface area contributed by atoms with Crippen molar-refractivity contribution in [3.63, 3.8) is 0 Å². The van der Waals surface area contributed by atoms with Gasteiger partial charge in [-0.1, -0.05) is 35.1 Å². The second kappa shape index (κ2) is 7.02. The number of ether oxygens (including phenoxy) is 2. The average molecular weight is 400 g/mol. The van der Waals surface area contributed by atoms with E-state index in [2.05, 4.69) is 10.1 Å². The standard InChI is InChI=1S/C19H14ClN3O3S/c1-25-14-5-3-4-12(16(14)26-2)10-15-18(24)23-19(27-15)21-17(22-23)11-6-8-13(20)9-7-11/h3-10H,1-2H3/b15-10-. The van der Waals surface area contributed by atoms with Crippen molar-refractivity contribution in [2.45, 2.75) is 0 Å². The zero-order valence-corrected chi connectivity index (χ0v) is 16.0. The van der Waals surface area contributed by atoms with Crippen LogP contribution in [-0.4, -0.2) is 28.8 Å². The summed E-state index contributed by atoms with van der Waals surface area (Å²) in [6.07, 6.45) is 1.76. The molecule has 6 nitrogen and oxygen atoms in total. The van der Waals surface area contributed by atoms with Gasteiger partial charge in [-0.15, -0.1) is 5.10 Å². The molecule has 2 aromatic carbocycles. The lowest BCUT2D eigenvalue weighted by Crippen LogP contribution is -2.23. The number of thiazole rings is 1. The van der Waals surface area contributed by atoms with Crippen LogP contribution in [0.5, 0.6) is 11.5 Å². The van der Waals surface area contributed by atoms with E-state index in [0.29, 0.717) is 31.8 Å². The van der Waals surface area contributed by atoms with Gasteiger partial charge < -0.3 is 9.47 Å². The number of nitrogens with zero attached hydrogens (tertiary/aromatic N) is 3. The molecule has 0 unspecified atom stereocenters. The molecule has 0 saturated carbocycles. The lowest BCUT2D eigenvalue weighted by Gasteiger charge is -2.09. The van der Waals surface area contributed by atoms with Gasteiger partial charge in [0.15, 0.2) is 17.3 Å². The van der Waals surface area contributed by atoms with Crippen LogP contribution in [0, 0.1) is 0 Å². The Morgan fingerprint density at radius 1 is 1.11 bits per heavy atom. The number of aromatic nitrogens is 3. The number of hydrogen-bond acceptors (Lipinski definition) is 6. The molecule has 2 heterocycles. The minimum atomic E-state index is -0.229. The lowest BCUT2D eigenvalue weighted by molar-refractivity contribution is 0.354. The molecule has 4 aromatic rings. The third-order valence-corrected chi connectivity index (χ3v) is 5.22. The van der Waals surface area contributed by atoms with Gasteiger partial charge in [0.1, 0.15) is 0 Å². The Morgan fingerprint density at radius 2 is 1.89 bits per heavy atom. The number of halogens is 1. The first-order chi connectivity index (χ1) is 13.1. The molecule has 0 atom stereocenters. The highest BCUT2D eigenvalue weighted by Crippen LogP contribution is 2.31. The van der Waals surface area contributed by atoms with Crippen LogP contribution in [0.4, 0.5) is 0 Å². The molecule has 0 fully saturated rings. The predicted octanol–water partition coefficient (Wildman–Crippen LogP) is 3.04. The van der Waals surface area contributed by atoms with Gasteiger partial charge in [0.2, 0.25) is 4.96 Å². The summed E-state index contributed by atoms with van der Waals surface area (Å²) in [5.41, 5.74) is 1.32. The number of benzene rings is 2. The lowest BCUT2D eigenvalue weighted by atomic mass is 10.2. The van der Waals surface area contributed by atoms with E-state index in [1.165, 1.54) is 15.9 Å². The molecular weight excluding hydrogens is 386 g/mol. The highest BCUT2D eigenvalue weighted by Gasteiger charge is 2.13. The van der Waals surface area contributed by atoms with E-state index in [-0.39, 0.29) is 5.56 Å². The monoisotopic (exact) mass is 399 g/mol. The van der Waals surface area contributed by atoms with Crippen molar-refractivity contribution in [1.29, 1.82) is 0 Å². The zero-order chi connectivity index (χ0) is 19.0. The maximum Gasteiger partial charge on any atom is 0.291 e. The minimum Gasteiger partial charge on any atom is -0.493 e. The van der Waals surface area contributed by atoms with Crippen LogP contribution < -0.4 is 19.6 Å². The highest BCUT2D eigenvalue weighted by molar-refractivity contribution is 7.15. The molecule has 0 amide bonds. The Labute approximate surface area is 163 Å². The van der Waals surface area contributed by atoms with Crippen molar-refractivity contribution in [3.8, 4) is 22.9 Å². The molecule has 4 rings (SSSR count). The summed E-state index contributed by atoms with van der Waals surface area (Å²) >= 11 is 7.18. The van der Waals surface area contributed by atoms with Gasteiger partial charge in [-0.25, -0.2) is 0 Å². The van der Waals surface area contributed by atoms with Crippen molar-refractivity contribution in [2.75, 3.05) is 14.2 Å². The van der Waals surface area contributed by atoms with E-state index in [4.69, 9.17) is 21.1 Å². The van der Waals surface area contributed by atoms with E-state index in [9.17, 15) is 4.79 Å². The first-order valence-electron chi connectivity index (χ1n) is 7.99. The molecule has 8 heteroatoms. The summed E-state index contributed by atoms with van der Waals surface area (Å²) < 4.78 is 12.5. The molecule has 0 saturated heterocycles. The van der Waals surface area contributed by atoms with Crippen LogP contribution in [-0.2, 0) is 0 Å². The van der Waals surface area contributed by atoms with Crippen LogP contribution in [0.1, 0.15) is 5.56 Å². The van der Waals surface area contributed by atoms with Gasteiger partial charge in [-0.3, -0.25) is 4.79 Å². The van der Waals surface area contributed by atoms with Crippen molar-refractivity contribution in [1.82, 2.24) is 14.6 Å². The normalized spacial score (nSPS) is 11.9. The maximum absolute atomic E-state index is 12.7. The van der Waals surface area contributed by atoms with Crippen LogP contribution >= 0.6 is 22.9 Å². The third-order valence-electron chi connectivity index (χ3n) is 4.00. The van der Waals surface area contributed by atoms with E-state index in [1.54, 1.807) is 38.5 Å². The number of rotatable bonds is 4. The average Bonchev–Trinajstić information content (AvgIpc) is 3.22. The van der Waals surface area contributed by atoms with Gasteiger partial charge in [-0.05, 0) is 36.4 Å². The summed E-state index contributed by atoms with van der Waals surface area (Å²) in [6, 6.07) is 12.7. The van der Waals surface area contributed by atoms with Gasteiger partial charge in [-0.2, -0.15) is 9.50 Å². The minimum absolute atomic E-state index is 0.229. The first kappa shape index (κ1) is 17.5. The summed E-state index contributed by atoms with van der Waals surface area (Å²) in [7, 11) is 3.14. The molecule has 0 bridgehead atoms. The molecule has 0 aliphatic carbocycles. The molecular formula is C19H14ClN3O3S. The molecule has 0 radical (unpaired) electrons. The molecule has 0 aliphatic rings. The fourth-order valence-electron chi connectivity index (χ4n) is 2.72. The van der Waals surface area contributed by atoms with Crippen LogP contribution in [0.15, 0.2) is 47.3 Å². The van der Waals surface area contributed by atoms with Crippen LogP contribution in [0.2, 0.25) is 5.02 Å². The summed E-state index contributed by atoms with van der Waals surface area (Å²) in [4.78, 5) is 17.7. The third kappa shape index (κ3) is 3.15. The van der Waals surface area contributed by atoms with Crippen LogP contribution in [0.25, 0.3) is 22.4 Å². The number of methoxy groups -OCH3 is 2. The molecule has 0 aliphatic heterocycles. The van der Waals surface area contributed by atoms with Crippen molar-refractivity contribution < 1.29 is 9.47 Å². The van der Waals surface area contributed by atoms with Gasteiger partial charge in [0.05, 0.1) is 18.8 Å². The largest absolute Gasteiger partial charge is 0.493 e. The molecule has 136 valence electrons. The van der Waals surface area contributed by atoms with E-state index in [0.717, 1.165) is 11.1 Å². The fraction of sp³-hybridized carbons (Fsp3) is 0.105. The Kier molecular flexibility index (Phi) is 4.55. The number of hydrogen-bond donors (Lipinski definition) is 0. The van der Waals surface area contributed by atoms with E-state index < -0.39 is 0 Å². The molecule has 27 heavy (non-hydrogen) atoms. The topological polar surface area (TPSA) is 65.7 Å². The maximum atomic E-state index is 12.7. The number of para-hydroxylation sites is 1.